The molecule has 1 saturated heterocycles. The summed E-state index contributed by atoms with van der Waals surface area (Å²) in [5.41, 5.74) is 5.58. The fraction of sp³-hybridized carbons (Fsp3) is 0.226. The first kappa shape index (κ1) is 27.9. The molecular weight excluding hydrogens is 538 g/mol. The van der Waals surface area contributed by atoms with Crippen molar-refractivity contribution in [2.24, 2.45) is 0 Å². The normalized spacial score (nSPS) is 16.4. The minimum atomic E-state index is -0.965. The number of aryl methyl sites for hydroxylation is 1. The van der Waals surface area contributed by atoms with Crippen molar-refractivity contribution in [2.45, 2.75) is 32.4 Å². The summed E-state index contributed by atoms with van der Waals surface area (Å²) in [4.78, 5) is 31.0. The van der Waals surface area contributed by atoms with Crippen molar-refractivity contribution in [3.8, 4) is 11.4 Å². The van der Waals surface area contributed by atoms with Crippen LogP contribution < -0.4 is 15.4 Å². The van der Waals surface area contributed by atoms with Crippen molar-refractivity contribution in [1.82, 2.24) is 19.8 Å². The van der Waals surface area contributed by atoms with E-state index in [1.165, 1.54) is 0 Å². The molecule has 0 spiro atoms. The Kier molecular flexibility index (Phi) is 8.02. The topological polar surface area (TPSA) is 109 Å². The van der Waals surface area contributed by atoms with Gasteiger partial charge in [0.05, 0.1) is 36.1 Å². The van der Waals surface area contributed by atoms with Crippen LogP contribution in [0.2, 0.25) is 0 Å². The Morgan fingerprint density at radius 1 is 1.07 bits per heavy atom. The van der Waals surface area contributed by atoms with E-state index in [1.54, 1.807) is 49.7 Å². The molecule has 2 atom stereocenters. The highest BCUT2D eigenvalue weighted by Gasteiger charge is 2.41. The van der Waals surface area contributed by atoms with Crippen LogP contribution >= 0.6 is 12.2 Å². The number of anilines is 1. The lowest BCUT2D eigenvalue weighted by Crippen LogP contribution is -2.33. The van der Waals surface area contributed by atoms with Crippen LogP contribution in [0.3, 0.4) is 0 Å². The number of nitrogens with one attached hydrogen (secondary N) is 2. The lowest BCUT2D eigenvalue weighted by Gasteiger charge is -2.28. The van der Waals surface area contributed by atoms with Gasteiger partial charge in [0.25, 0.3) is 0 Å². The zero-order chi connectivity index (χ0) is 29.1. The second kappa shape index (κ2) is 11.8. The standard InChI is InChI=1S/C31H31N5O4S/c1-19-18-23(20(2)36(19)22-13-11-21(12-14-22)30(38)39)29-28(25-9-6-7-16-32-25)34-31(41)35(29)17-15-27(37)33-24-8-4-5-10-26(24)40-3/h4-14,16,18,28-29H,15,17H2,1-3H3,(H,33,37)(H,34,41)(H,38,39)/t28-,29-/m1/s1. The third-order valence-electron chi connectivity index (χ3n) is 7.32. The molecule has 2 aromatic heterocycles. The van der Waals surface area contributed by atoms with Gasteiger partial charge in [0, 0.05) is 36.2 Å². The zero-order valence-electron chi connectivity index (χ0n) is 23.0. The molecule has 1 aliphatic rings. The van der Waals surface area contributed by atoms with Gasteiger partial charge in [-0.2, -0.15) is 0 Å². The largest absolute Gasteiger partial charge is 0.495 e. The third kappa shape index (κ3) is 5.64. The molecule has 2 aromatic carbocycles. The summed E-state index contributed by atoms with van der Waals surface area (Å²) in [6.07, 6.45) is 1.97. The fourth-order valence-electron chi connectivity index (χ4n) is 5.40. The first-order valence-corrected chi connectivity index (χ1v) is 13.6. The Morgan fingerprint density at radius 2 is 1.80 bits per heavy atom. The molecule has 1 amide bonds. The number of nitrogens with zero attached hydrogens (tertiary/aromatic N) is 3. The van der Waals surface area contributed by atoms with Gasteiger partial charge in [0.15, 0.2) is 5.11 Å². The van der Waals surface area contributed by atoms with Gasteiger partial charge >= 0.3 is 5.97 Å². The van der Waals surface area contributed by atoms with Crippen molar-refractivity contribution in [2.75, 3.05) is 19.0 Å². The number of amides is 1. The van der Waals surface area contributed by atoms with Crippen molar-refractivity contribution in [3.63, 3.8) is 0 Å². The maximum absolute atomic E-state index is 13.0. The Hall–Kier alpha value is -4.70. The maximum Gasteiger partial charge on any atom is 0.335 e. The van der Waals surface area contributed by atoms with E-state index >= 15 is 0 Å². The van der Waals surface area contributed by atoms with Crippen LogP contribution in [-0.2, 0) is 4.79 Å². The number of hydrogen-bond donors (Lipinski definition) is 3. The molecule has 0 saturated carbocycles. The van der Waals surface area contributed by atoms with Crippen LogP contribution in [0.4, 0.5) is 5.69 Å². The average Bonchev–Trinajstić information content (AvgIpc) is 3.46. The summed E-state index contributed by atoms with van der Waals surface area (Å²) in [5, 5.41) is 16.3. The molecule has 0 radical (unpaired) electrons. The molecule has 1 aliphatic heterocycles. The van der Waals surface area contributed by atoms with Gasteiger partial charge in [-0.1, -0.05) is 18.2 Å². The van der Waals surface area contributed by atoms with Gasteiger partial charge in [-0.25, -0.2) is 4.79 Å². The predicted molar refractivity (Wildman–Crippen MR) is 161 cm³/mol. The van der Waals surface area contributed by atoms with Crippen molar-refractivity contribution < 1.29 is 19.4 Å². The molecule has 0 unspecified atom stereocenters. The zero-order valence-corrected chi connectivity index (χ0v) is 23.8. The van der Waals surface area contributed by atoms with Crippen LogP contribution in [0, 0.1) is 13.8 Å². The molecule has 0 bridgehead atoms. The monoisotopic (exact) mass is 569 g/mol. The molecular formula is C31H31N5O4S. The van der Waals surface area contributed by atoms with Crippen molar-refractivity contribution in [1.29, 1.82) is 0 Å². The summed E-state index contributed by atoms with van der Waals surface area (Å²) in [6, 6.07) is 21.6. The number of carbonyl (C=O) groups excluding carboxylic acids is 1. The Morgan fingerprint density at radius 3 is 2.49 bits per heavy atom. The molecule has 210 valence electrons. The number of aromatic carboxylic acids is 1. The van der Waals surface area contributed by atoms with Crippen molar-refractivity contribution in [3.05, 3.63) is 107 Å². The van der Waals surface area contributed by atoms with E-state index in [4.69, 9.17) is 17.0 Å². The molecule has 41 heavy (non-hydrogen) atoms. The minimum absolute atomic E-state index is 0.152. The number of pyridine rings is 1. The number of methoxy groups -OCH3 is 1. The van der Waals surface area contributed by atoms with Gasteiger partial charge in [0.1, 0.15) is 5.75 Å². The number of para-hydroxylation sites is 2. The predicted octanol–water partition coefficient (Wildman–Crippen LogP) is 5.20. The molecule has 1 fully saturated rings. The average molecular weight is 570 g/mol. The third-order valence-corrected chi connectivity index (χ3v) is 7.67. The molecule has 10 heteroatoms. The number of carboxylic acid groups (broad SMARTS) is 1. The SMILES string of the molecule is COc1ccccc1NC(=O)CCN1C(=S)N[C@H](c2ccccn2)[C@H]1c1cc(C)n(-c2ccc(C(=O)O)cc2)c1C. The number of aromatic nitrogens is 2. The van der Waals surface area contributed by atoms with E-state index in [0.29, 0.717) is 23.1 Å². The highest BCUT2D eigenvalue weighted by atomic mass is 32.1. The van der Waals surface area contributed by atoms with Gasteiger partial charge in [-0.3, -0.25) is 9.78 Å². The van der Waals surface area contributed by atoms with E-state index in [9.17, 15) is 14.7 Å². The van der Waals surface area contributed by atoms with Crippen LogP contribution in [0.1, 0.15) is 51.5 Å². The summed E-state index contributed by atoms with van der Waals surface area (Å²) < 4.78 is 7.47. The summed E-state index contributed by atoms with van der Waals surface area (Å²) in [6.45, 7) is 4.44. The summed E-state index contributed by atoms with van der Waals surface area (Å²) >= 11 is 5.80. The fourth-order valence-corrected chi connectivity index (χ4v) is 5.74. The number of carbonyl (C=O) groups is 2. The van der Waals surface area contributed by atoms with E-state index < -0.39 is 5.97 Å². The number of ether oxygens (including phenoxy) is 1. The van der Waals surface area contributed by atoms with Gasteiger partial charge in [0.2, 0.25) is 5.91 Å². The lowest BCUT2D eigenvalue weighted by molar-refractivity contribution is -0.116. The van der Waals surface area contributed by atoms with Crippen molar-refractivity contribution >= 4 is 34.9 Å². The number of hydrogen-bond acceptors (Lipinski definition) is 5. The van der Waals surface area contributed by atoms with Crippen LogP contribution in [0.5, 0.6) is 5.75 Å². The Labute approximate surface area is 243 Å². The molecule has 3 N–H and O–H groups in total. The Balaban J connectivity index is 1.46. The quantitative estimate of drug-likeness (QED) is 0.236. The molecule has 9 nitrogen and oxygen atoms in total. The first-order valence-electron chi connectivity index (χ1n) is 13.2. The number of benzene rings is 2. The lowest BCUT2D eigenvalue weighted by atomic mass is 9.96. The second-order valence-electron chi connectivity index (χ2n) is 9.83. The number of thiocarbonyl (C=S) groups is 1. The van der Waals surface area contributed by atoms with Crippen LogP contribution in [-0.4, -0.2) is 50.2 Å². The molecule has 5 rings (SSSR count). The number of rotatable bonds is 9. The maximum atomic E-state index is 13.0. The van der Waals surface area contributed by atoms with E-state index in [0.717, 1.165) is 28.3 Å². The van der Waals surface area contributed by atoms with Crippen LogP contribution in [0.15, 0.2) is 79.0 Å². The van der Waals surface area contributed by atoms with E-state index in [1.807, 2.05) is 44.2 Å². The van der Waals surface area contributed by atoms with E-state index in [2.05, 4.69) is 31.2 Å². The molecule has 0 aliphatic carbocycles. The minimum Gasteiger partial charge on any atom is -0.495 e. The highest BCUT2D eigenvalue weighted by molar-refractivity contribution is 7.80. The second-order valence-corrected chi connectivity index (χ2v) is 10.2. The van der Waals surface area contributed by atoms with Gasteiger partial charge in [-0.15, -0.1) is 0 Å². The van der Waals surface area contributed by atoms with Gasteiger partial charge < -0.3 is 29.9 Å². The highest BCUT2D eigenvalue weighted by Crippen LogP contribution is 2.41. The summed E-state index contributed by atoms with van der Waals surface area (Å²) in [7, 11) is 1.57. The number of carboxylic acids is 1. The van der Waals surface area contributed by atoms with Crippen LogP contribution in [0.25, 0.3) is 5.69 Å². The van der Waals surface area contributed by atoms with Gasteiger partial charge in [-0.05, 0) is 86.2 Å². The van der Waals surface area contributed by atoms with E-state index in [-0.39, 0.29) is 30.0 Å². The Bertz CT molecular complexity index is 1590. The summed E-state index contributed by atoms with van der Waals surface area (Å²) in [5.74, 6) is -0.523. The molecule has 4 aromatic rings. The first-order chi connectivity index (χ1) is 19.8. The smallest absolute Gasteiger partial charge is 0.335 e. The molecule has 3 heterocycles.